The van der Waals surface area contributed by atoms with E-state index in [1.165, 1.54) is 12.3 Å². The lowest BCUT2D eigenvalue weighted by atomic mass is 10.1. The molecule has 2 aromatic rings. The molecule has 0 aliphatic rings. The molecular formula is C14H13N3O3S. The molecule has 0 fully saturated rings. The van der Waals surface area contributed by atoms with E-state index < -0.39 is 5.97 Å². The van der Waals surface area contributed by atoms with Crippen molar-refractivity contribution in [3.8, 4) is 0 Å². The summed E-state index contributed by atoms with van der Waals surface area (Å²) in [7, 11) is 0. The molecule has 1 atom stereocenters. The maximum atomic E-state index is 11.9. The number of hydrogen-bond donors (Lipinski definition) is 2. The maximum Gasteiger partial charge on any atom is 0.328 e. The normalized spacial score (nSPS) is 12.2. The van der Waals surface area contributed by atoms with Gasteiger partial charge in [0.2, 0.25) is 0 Å². The van der Waals surface area contributed by atoms with Crippen molar-refractivity contribution < 1.29 is 14.7 Å². The van der Waals surface area contributed by atoms with Gasteiger partial charge in [0.1, 0.15) is 4.88 Å². The van der Waals surface area contributed by atoms with E-state index in [4.69, 9.17) is 5.11 Å². The van der Waals surface area contributed by atoms with Crippen LogP contribution in [0.5, 0.6) is 0 Å². The molecule has 0 aliphatic carbocycles. The van der Waals surface area contributed by atoms with E-state index in [1.807, 2.05) is 19.1 Å². The molecule has 1 heterocycles. The highest BCUT2D eigenvalue weighted by atomic mass is 32.1. The van der Waals surface area contributed by atoms with Gasteiger partial charge in [-0.15, -0.1) is 5.10 Å². The Bertz CT molecular complexity index is 651. The molecule has 1 aromatic carbocycles. The van der Waals surface area contributed by atoms with Crippen molar-refractivity contribution in [2.24, 2.45) is 0 Å². The first-order valence-corrected chi connectivity index (χ1v) is 6.93. The summed E-state index contributed by atoms with van der Waals surface area (Å²) in [5, 5.41) is 15.0. The second-order valence-electron chi connectivity index (χ2n) is 4.32. The average molecular weight is 303 g/mol. The molecule has 1 amide bonds. The smallest absolute Gasteiger partial charge is 0.328 e. The minimum atomic E-state index is -0.988. The number of rotatable bonds is 5. The Hall–Kier alpha value is -2.54. The van der Waals surface area contributed by atoms with Gasteiger partial charge in [0.25, 0.3) is 5.91 Å². The van der Waals surface area contributed by atoms with E-state index in [-0.39, 0.29) is 11.9 Å². The van der Waals surface area contributed by atoms with Crippen LogP contribution in [-0.2, 0) is 4.79 Å². The van der Waals surface area contributed by atoms with Crippen molar-refractivity contribution in [2.75, 3.05) is 0 Å². The number of benzene rings is 1. The van der Waals surface area contributed by atoms with Gasteiger partial charge >= 0.3 is 5.97 Å². The molecule has 1 aromatic heterocycles. The highest BCUT2D eigenvalue weighted by Gasteiger charge is 2.13. The van der Waals surface area contributed by atoms with Crippen molar-refractivity contribution in [3.63, 3.8) is 0 Å². The number of aromatic nitrogens is 2. The lowest BCUT2D eigenvalue weighted by Crippen LogP contribution is -2.25. The van der Waals surface area contributed by atoms with Crippen molar-refractivity contribution in [1.82, 2.24) is 14.9 Å². The second kappa shape index (κ2) is 6.76. The largest absolute Gasteiger partial charge is 0.478 e. The minimum absolute atomic E-state index is 0.169. The Kier molecular flexibility index (Phi) is 4.78. The fourth-order valence-corrected chi connectivity index (χ4v) is 2.10. The lowest BCUT2D eigenvalue weighted by molar-refractivity contribution is -0.131. The van der Waals surface area contributed by atoms with Gasteiger partial charge in [0.05, 0.1) is 12.2 Å². The van der Waals surface area contributed by atoms with Crippen LogP contribution in [0.25, 0.3) is 6.08 Å². The maximum absolute atomic E-state index is 11.9. The van der Waals surface area contributed by atoms with E-state index in [0.29, 0.717) is 4.88 Å². The number of nitrogens with zero attached hydrogens (tertiary/aromatic N) is 2. The van der Waals surface area contributed by atoms with Crippen LogP contribution in [0, 0.1) is 0 Å². The number of hydrogen-bond acceptors (Lipinski definition) is 5. The third-order valence-corrected chi connectivity index (χ3v) is 3.45. The molecule has 2 N–H and O–H groups in total. The summed E-state index contributed by atoms with van der Waals surface area (Å²) in [4.78, 5) is 22.8. The topological polar surface area (TPSA) is 92.2 Å². The Morgan fingerprint density at radius 3 is 2.62 bits per heavy atom. The Morgan fingerprint density at radius 1 is 1.33 bits per heavy atom. The van der Waals surface area contributed by atoms with Gasteiger partial charge < -0.3 is 10.4 Å². The van der Waals surface area contributed by atoms with Crippen molar-refractivity contribution >= 4 is 29.5 Å². The molecule has 0 saturated heterocycles. The van der Waals surface area contributed by atoms with Crippen molar-refractivity contribution in [1.29, 1.82) is 0 Å². The van der Waals surface area contributed by atoms with Gasteiger partial charge in [-0.25, -0.2) is 4.79 Å². The van der Waals surface area contributed by atoms with Crippen LogP contribution < -0.4 is 5.32 Å². The molecule has 0 spiro atoms. The summed E-state index contributed by atoms with van der Waals surface area (Å²) >= 11 is 1.04. The number of carbonyl (C=O) groups is 2. The molecule has 6 nitrogen and oxygen atoms in total. The molecule has 2 rings (SSSR count). The fourth-order valence-electron chi connectivity index (χ4n) is 1.68. The predicted molar refractivity (Wildman–Crippen MR) is 78.9 cm³/mol. The summed E-state index contributed by atoms with van der Waals surface area (Å²) in [6.45, 7) is 1.87. The quantitative estimate of drug-likeness (QED) is 0.825. The van der Waals surface area contributed by atoms with E-state index in [9.17, 15) is 9.59 Å². The minimum Gasteiger partial charge on any atom is -0.478 e. The highest BCUT2D eigenvalue weighted by molar-refractivity contribution is 7.07. The van der Waals surface area contributed by atoms with Crippen molar-refractivity contribution in [2.45, 2.75) is 13.0 Å². The number of amides is 1. The van der Waals surface area contributed by atoms with Gasteiger partial charge in [-0.1, -0.05) is 28.8 Å². The molecular weight excluding hydrogens is 290 g/mol. The van der Waals surface area contributed by atoms with Crippen LogP contribution in [0.4, 0.5) is 0 Å². The van der Waals surface area contributed by atoms with E-state index in [1.54, 1.807) is 12.1 Å². The standard InChI is InChI=1S/C14H13N3O3S/c1-9(16-14(20)12-8-15-17-21-12)11-5-2-10(3-6-11)4-7-13(18)19/h2-9H,1H3,(H,16,20)(H,18,19). The molecule has 108 valence electrons. The third kappa shape index (κ3) is 4.22. The summed E-state index contributed by atoms with van der Waals surface area (Å²) in [6.07, 6.45) is 4.02. The first-order chi connectivity index (χ1) is 10.1. The van der Waals surface area contributed by atoms with Crippen molar-refractivity contribution in [3.05, 3.63) is 52.5 Å². The van der Waals surface area contributed by atoms with Crippen LogP contribution in [0.15, 0.2) is 36.5 Å². The highest BCUT2D eigenvalue weighted by Crippen LogP contribution is 2.15. The molecule has 0 bridgehead atoms. The molecule has 0 saturated carbocycles. The van der Waals surface area contributed by atoms with Crippen LogP contribution in [0.3, 0.4) is 0 Å². The first kappa shape index (κ1) is 14.9. The monoisotopic (exact) mass is 303 g/mol. The Balaban J connectivity index is 2.01. The van der Waals surface area contributed by atoms with Crippen LogP contribution >= 0.6 is 11.5 Å². The van der Waals surface area contributed by atoms with Gasteiger partial charge in [-0.3, -0.25) is 4.79 Å². The first-order valence-electron chi connectivity index (χ1n) is 6.15. The molecule has 7 heteroatoms. The number of nitrogens with one attached hydrogen (secondary N) is 1. The van der Waals surface area contributed by atoms with Gasteiger partial charge in [0, 0.05) is 6.08 Å². The predicted octanol–water partition coefficient (Wildman–Crippen LogP) is 2.13. The second-order valence-corrected chi connectivity index (χ2v) is 5.10. The van der Waals surface area contributed by atoms with Gasteiger partial charge in [0.15, 0.2) is 0 Å². The van der Waals surface area contributed by atoms with E-state index in [2.05, 4.69) is 14.9 Å². The zero-order chi connectivity index (χ0) is 15.2. The van der Waals surface area contributed by atoms with Gasteiger partial charge in [-0.2, -0.15) is 0 Å². The lowest BCUT2D eigenvalue weighted by Gasteiger charge is -2.13. The zero-order valence-corrected chi connectivity index (χ0v) is 12.0. The molecule has 21 heavy (non-hydrogen) atoms. The fraction of sp³-hybridized carbons (Fsp3) is 0.143. The summed E-state index contributed by atoms with van der Waals surface area (Å²) in [5.41, 5.74) is 1.71. The van der Waals surface area contributed by atoms with Crippen LogP contribution in [-0.4, -0.2) is 26.6 Å². The number of aliphatic carboxylic acids is 1. The number of carboxylic acid groups (broad SMARTS) is 1. The summed E-state index contributed by atoms with van der Waals surface area (Å²) in [6, 6.07) is 7.11. The SMILES string of the molecule is CC(NC(=O)c1cnns1)c1ccc(C=CC(=O)O)cc1. The summed E-state index contributed by atoms with van der Waals surface area (Å²) in [5.74, 6) is -1.20. The number of carboxylic acids is 1. The average Bonchev–Trinajstić information content (AvgIpc) is 3.00. The van der Waals surface area contributed by atoms with Crippen LogP contribution in [0.1, 0.15) is 33.8 Å². The third-order valence-electron chi connectivity index (χ3n) is 2.79. The Morgan fingerprint density at radius 2 is 2.05 bits per heavy atom. The number of carbonyl (C=O) groups excluding carboxylic acids is 1. The summed E-state index contributed by atoms with van der Waals surface area (Å²) < 4.78 is 3.64. The molecule has 0 radical (unpaired) electrons. The van der Waals surface area contributed by atoms with Crippen LogP contribution in [0.2, 0.25) is 0 Å². The Labute approximate surface area is 125 Å². The van der Waals surface area contributed by atoms with E-state index >= 15 is 0 Å². The zero-order valence-electron chi connectivity index (χ0n) is 11.2. The van der Waals surface area contributed by atoms with Gasteiger partial charge in [-0.05, 0) is 35.7 Å². The molecule has 1 unspecified atom stereocenters. The molecule has 0 aliphatic heterocycles. The van der Waals surface area contributed by atoms with E-state index in [0.717, 1.165) is 28.7 Å².